The maximum atomic E-state index is 10.5. The largest absolute Gasteiger partial charge is 0.474 e. The van der Waals surface area contributed by atoms with Crippen LogP contribution in [0.2, 0.25) is 0 Å². The number of carboxylic acid groups (broad SMARTS) is 1. The van der Waals surface area contributed by atoms with Gasteiger partial charge in [0.25, 0.3) is 0 Å². The molecular weight excluding hydrogens is 174 g/mol. The molecular formula is C8H11NO4. The van der Waals surface area contributed by atoms with E-state index < -0.39 is 5.97 Å². The normalized spacial score (nSPS) is 10.0. The van der Waals surface area contributed by atoms with Crippen molar-refractivity contribution < 1.29 is 19.1 Å². The highest BCUT2D eigenvalue weighted by Gasteiger charge is 2.17. The predicted molar refractivity (Wildman–Crippen MR) is 44.0 cm³/mol. The summed E-state index contributed by atoms with van der Waals surface area (Å²) < 4.78 is 9.94. The number of carboxylic acids is 1. The highest BCUT2D eigenvalue weighted by molar-refractivity contribution is 5.82. The van der Waals surface area contributed by atoms with Gasteiger partial charge >= 0.3 is 17.8 Å². The Hall–Kier alpha value is -1.52. The van der Waals surface area contributed by atoms with Crippen molar-refractivity contribution in [2.45, 2.75) is 20.3 Å². The molecule has 0 aliphatic heterocycles. The van der Waals surface area contributed by atoms with Crippen molar-refractivity contribution in [1.82, 2.24) is 4.98 Å². The monoisotopic (exact) mass is 185 g/mol. The molecule has 0 unspecified atom stereocenters. The lowest BCUT2D eigenvalue weighted by Gasteiger charge is -1.97. The lowest BCUT2D eigenvalue weighted by molar-refractivity contribution is 0.0645. The summed E-state index contributed by atoms with van der Waals surface area (Å²) in [6, 6.07) is 0. The fraction of sp³-hybridized carbons (Fsp3) is 0.500. The summed E-state index contributed by atoms with van der Waals surface area (Å²) in [6.45, 7) is 4.08. The van der Waals surface area contributed by atoms with Gasteiger partial charge in [-0.25, -0.2) is 9.78 Å². The number of nitrogens with zero attached hydrogens (tertiary/aromatic N) is 1. The molecule has 1 aromatic rings. The Morgan fingerprint density at radius 2 is 2.31 bits per heavy atom. The van der Waals surface area contributed by atoms with E-state index in [0.29, 0.717) is 18.7 Å². The number of oxazole rings is 1. The van der Waals surface area contributed by atoms with E-state index in [0.717, 1.165) is 0 Å². The second-order valence-corrected chi connectivity index (χ2v) is 2.34. The summed E-state index contributed by atoms with van der Waals surface area (Å²) in [5.74, 6) is -1.29. The number of hydrogen-bond acceptors (Lipinski definition) is 4. The molecule has 0 aliphatic carbocycles. The number of carbonyl (C=O) groups is 1. The van der Waals surface area contributed by atoms with E-state index in [-0.39, 0.29) is 11.8 Å². The zero-order valence-corrected chi connectivity index (χ0v) is 7.53. The lowest BCUT2D eigenvalue weighted by Crippen LogP contribution is -1.96. The fourth-order valence-electron chi connectivity index (χ4n) is 0.896. The molecule has 72 valence electrons. The lowest BCUT2D eigenvalue weighted by atomic mass is 10.4. The molecule has 0 saturated carbocycles. The molecule has 0 atom stereocenters. The summed E-state index contributed by atoms with van der Waals surface area (Å²) in [5, 5.41) is 8.57. The molecule has 1 heterocycles. The number of aromatic nitrogens is 1. The van der Waals surface area contributed by atoms with E-state index >= 15 is 0 Å². The summed E-state index contributed by atoms with van der Waals surface area (Å²) in [7, 11) is 0. The van der Waals surface area contributed by atoms with Gasteiger partial charge in [-0.2, -0.15) is 0 Å². The Kier molecular flexibility index (Phi) is 2.89. The molecule has 0 fully saturated rings. The van der Waals surface area contributed by atoms with Crippen molar-refractivity contribution in [3.05, 3.63) is 11.6 Å². The summed E-state index contributed by atoms with van der Waals surface area (Å²) in [5.41, 5.74) is 0.541. The first-order valence-corrected chi connectivity index (χ1v) is 4.04. The number of aromatic carboxylic acids is 1. The van der Waals surface area contributed by atoms with E-state index in [1.165, 1.54) is 0 Å². The van der Waals surface area contributed by atoms with Gasteiger partial charge in [-0.3, -0.25) is 0 Å². The smallest absolute Gasteiger partial charge is 0.392 e. The molecule has 0 radical (unpaired) electrons. The zero-order chi connectivity index (χ0) is 9.84. The molecule has 1 aromatic heterocycles. The summed E-state index contributed by atoms with van der Waals surface area (Å²) in [4.78, 5) is 14.2. The van der Waals surface area contributed by atoms with E-state index in [1.54, 1.807) is 6.92 Å². The van der Waals surface area contributed by atoms with E-state index in [1.807, 2.05) is 6.92 Å². The number of aryl methyl sites for hydroxylation is 1. The van der Waals surface area contributed by atoms with Crippen molar-refractivity contribution in [1.29, 1.82) is 0 Å². The Morgan fingerprint density at radius 1 is 1.62 bits per heavy atom. The van der Waals surface area contributed by atoms with Gasteiger partial charge in [0.2, 0.25) is 0 Å². The summed E-state index contributed by atoms with van der Waals surface area (Å²) >= 11 is 0. The van der Waals surface area contributed by atoms with Crippen LogP contribution in [0.5, 0.6) is 5.95 Å². The van der Waals surface area contributed by atoms with Crippen molar-refractivity contribution in [3.8, 4) is 5.95 Å². The first kappa shape index (κ1) is 9.57. The van der Waals surface area contributed by atoms with Crippen molar-refractivity contribution in [2.24, 2.45) is 0 Å². The minimum Gasteiger partial charge on any atom is -0.474 e. The maximum Gasteiger partial charge on any atom is 0.392 e. The minimum atomic E-state index is -1.18. The van der Waals surface area contributed by atoms with Gasteiger partial charge in [-0.05, 0) is 13.3 Å². The quantitative estimate of drug-likeness (QED) is 0.766. The molecule has 0 amide bonds. The van der Waals surface area contributed by atoms with Crippen LogP contribution in [0.3, 0.4) is 0 Å². The van der Waals surface area contributed by atoms with Crippen molar-refractivity contribution >= 4 is 5.97 Å². The second kappa shape index (κ2) is 3.93. The SMILES string of the molecule is CCOc1oc(C(=O)O)nc1CC. The van der Waals surface area contributed by atoms with E-state index in [9.17, 15) is 4.79 Å². The molecule has 1 N–H and O–H groups in total. The van der Waals surface area contributed by atoms with Crippen LogP contribution in [-0.2, 0) is 6.42 Å². The Balaban J connectivity index is 2.96. The van der Waals surface area contributed by atoms with Crippen LogP contribution in [-0.4, -0.2) is 22.7 Å². The number of ether oxygens (including phenoxy) is 1. The third kappa shape index (κ3) is 1.99. The van der Waals surface area contributed by atoms with Gasteiger partial charge in [-0.1, -0.05) is 6.92 Å². The second-order valence-electron chi connectivity index (χ2n) is 2.34. The van der Waals surface area contributed by atoms with Gasteiger partial charge in [0.05, 0.1) is 6.61 Å². The van der Waals surface area contributed by atoms with Crippen LogP contribution in [0.15, 0.2) is 4.42 Å². The van der Waals surface area contributed by atoms with Gasteiger partial charge in [0, 0.05) is 0 Å². The molecule has 1 rings (SSSR count). The highest BCUT2D eigenvalue weighted by Crippen LogP contribution is 2.20. The van der Waals surface area contributed by atoms with Crippen LogP contribution >= 0.6 is 0 Å². The van der Waals surface area contributed by atoms with Gasteiger partial charge in [0.1, 0.15) is 5.69 Å². The molecule has 0 spiro atoms. The predicted octanol–water partition coefficient (Wildman–Crippen LogP) is 1.33. The molecule has 0 aromatic carbocycles. The standard InChI is InChI=1S/C8H11NO4/c1-3-5-8(12-4-2)13-6(9-5)7(10)11/h3-4H2,1-2H3,(H,10,11). The number of hydrogen-bond donors (Lipinski definition) is 1. The minimum absolute atomic E-state index is 0.211. The zero-order valence-electron chi connectivity index (χ0n) is 7.53. The van der Waals surface area contributed by atoms with Gasteiger partial charge < -0.3 is 14.3 Å². The van der Waals surface area contributed by atoms with Crippen LogP contribution in [0.25, 0.3) is 0 Å². The molecule has 0 bridgehead atoms. The van der Waals surface area contributed by atoms with Crippen LogP contribution in [0, 0.1) is 0 Å². The molecule has 5 nitrogen and oxygen atoms in total. The van der Waals surface area contributed by atoms with E-state index in [2.05, 4.69) is 4.98 Å². The molecule has 0 saturated heterocycles. The van der Waals surface area contributed by atoms with Crippen LogP contribution < -0.4 is 4.74 Å². The molecule has 13 heavy (non-hydrogen) atoms. The third-order valence-electron chi connectivity index (χ3n) is 1.45. The summed E-state index contributed by atoms with van der Waals surface area (Å²) in [6.07, 6.45) is 0.589. The Morgan fingerprint density at radius 3 is 2.77 bits per heavy atom. The Labute approximate surface area is 75.3 Å². The average molecular weight is 185 g/mol. The first-order chi connectivity index (χ1) is 6.19. The van der Waals surface area contributed by atoms with Crippen molar-refractivity contribution in [2.75, 3.05) is 6.61 Å². The highest BCUT2D eigenvalue weighted by atomic mass is 16.6. The molecule has 0 aliphatic rings. The van der Waals surface area contributed by atoms with Gasteiger partial charge in [-0.15, -0.1) is 0 Å². The third-order valence-corrected chi connectivity index (χ3v) is 1.45. The van der Waals surface area contributed by atoms with Crippen LogP contribution in [0.1, 0.15) is 30.2 Å². The van der Waals surface area contributed by atoms with E-state index in [4.69, 9.17) is 14.3 Å². The molecule has 5 heteroatoms. The fourth-order valence-corrected chi connectivity index (χ4v) is 0.896. The number of rotatable bonds is 4. The topological polar surface area (TPSA) is 72.6 Å². The average Bonchev–Trinajstić information content (AvgIpc) is 2.48. The Bertz CT molecular complexity index is 305. The first-order valence-electron chi connectivity index (χ1n) is 4.04. The van der Waals surface area contributed by atoms with Gasteiger partial charge in [0.15, 0.2) is 0 Å². The van der Waals surface area contributed by atoms with Crippen molar-refractivity contribution in [3.63, 3.8) is 0 Å². The maximum absolute atomic E-state index is 10.5. The van der Waals surface area contributed by atoms with Crippen LogP contribution in [0.4, 0.5) is 0 Å².